The molecule has 3 N–H and O–H groups in total. The third-order valence-electron chi connectivity index (χ3n) is 2.59. The van der Waals surface area contributed by atoms with Crippen LogP contribution in [0.3, 0.4) is 0 Å². The minimum atomic E-state index is -1.08. The van der Waals surface area contributed by atoms with Crippen molar-refractivity contribution in [1.29, 1.82) is 0 Å². The molecule has 5 heteroatoms. The Hall–Kier alpha value is -1.59. The fourth-order valence-electron chi connectivity index (χ4n) is 1.56. The molecule has 0 saturated carbocycles. The van der Waals surface area contributed by atoms with Crippen molar-refractivity contribution in [3.05, 3.63) is 29.8 Å². The van der Waals surface area contributed by atoms with Gasteiger partial charge in [0, 0.05) is 0 Å². The highest BCUT2D eigenvalue weighted by atomic mass is 16.5. The normalized spacial score (nSPS) is 13.7. The van der Waals surface area contributed by atoms with Crippen LogP contribution in [0.5, 0.6) is 5.75 Å². The molecule has 19 heavy (non-hydrogen) atoms. The molecule has 2 unspecified atom stereocenters. The topological polar surface area (TPSA) is 81.8 Å². The van der Waals surface area contributed by atoms with Gasteiger partial charge in [-0.1, -0.05) is 19.1 Å². The number of nitrogens with two attached hydrogens (primary N) is 1. The van der Waals surface area contributed by atoms with Gasteiger partial charge in [-0.25, -0.2) is 0 Å². The molecule has 1 aromatic carbocycles. The Morgan fingerprint density at radius 3 is 2.47 bits per heavy atom. The number of hydrogen-bond donors (Lipinski definition) is 2. The molecule has 0 aromatic heterocycles. The van der Waals surface area contributed by atoms with Crippen LogP contribution in [-0.4, -0.2) is 30.3 Å². The Balaban J connectivity index is 2.66. The molecular weight excluding hydrogens is 246 g/mol. The average molecular weight is 267 g/mol. The maximum absolute atomic E-state index is 11.4. The summed E-state index contributed by atoms with van der Waals surface area (Å²) in [6.07, 6.45) is -0.155. The van der Waals surface area contributed by atoms with Crippen LogP contribution in [0.15, 0.2) is 24.3 Å². The lowest BCUT2D eigenvalue weighted by Crippen LogP contribution is -2.38. The summed E-state index contributed by atoms with van der Waals surface area (Å²) >= 11 is 0. The molecule has 0 aliphatic carbocycles. The fourth-order valence-corrected chi connectivity index (χ4v) is 1.56. The van der Waals surface area contributed by atoms with Crippen LogP contribution in [-0.2, 0) is 9.53 Å². The molecule has 0 heterocycles. The third kappa shape index (κ3) is 4.54. The Morgan fingerprint density at radius 1 is 1.32 bits per heavy atom. The molecule has 1 aromatic rings. The predicted octanol–water partition coefficient (Wildman–Crippen LogP) is 1.40. The van der Waals surface area contributed by atoms with E-state index in [-0.39, 0.29) is 6.61 Å². The van der Waals surface area contributed by atoms with Gasteiger partial charge in [0.25, 0.3) is 0 Å². The Bertz CT molecular complexity index is 391. The third-order valence-corrected chi connectivity index (χ3v) is 2.59. The van der Waals surface area contributed by atoms with E-state index >= 15 is 0 Å². The van der Waals surface area contributed by atoms with Gasteiger partial charge in [0.15, 0.2) is 0 Å². The number of rotatable bonds is 7. The van der Waals surface area contributed by atoms with Crippen LogP contribution in [0.2, 0.25) is 0 Å². The highest BCUT2D eigenvalue weighted by Crippen LogP contribution is 2.20. The van der Waals surface area contributed by atoms with Crippen LogP contribution < -0.4 is 10.5 Å². The van der Waals surface area contributed by atoms with Crippen LogP contribution in [0.4, 0.5) is 0 Å². The molecule has 0 spiro atoms. The Kier molecular flexibility index (Phi) is 6.32. The smallest absolute Gasteiger partial charge is 0.325 e. The maximum Gasteiger partial charge on any atom is 0.325 e. The van der Waals surface area contributed by atoms with Gasteiger partial charge in [0.05, 0.1) is 13.2 Å². The van der Waals surface area contributed by atoms with Crippen molar-refractivity contribution >= 4 is 5.97 Å². The van der Waals surface area contributed by atoms with Gasteiger partial charge in [0.1, 0.15) is 17.9 Å². The molecule has 0 amide bonds. The second kappa shape index (κ2) is 7.76. The van der Waals surface area contributed by atoms with Crippen LogP contribution in [0.25, 0.3) is 0 Å². The lowest BCUT2D eigenvalue weighted by Gasteiger charge is -2.17. The van der Waals surface area contributed by atoms with E-state index in [1.807, 2.05) is 6.92 Å². The number of aliphatic hydroxyl groups is 1. The van der Waals surface area contributed by atoms with E-state index in [4.69, 9.17) is 15.2 Å². The van der Waals surface area contributed by atoms with Crippen molar-refractivity contribution in [2.75, 3.05) is 13.2 Å². The summed E-state index contributed by atoms with van der Waals surface area (Å²) in [6, 6.07) is 5.78. The van der Waals surface area contributed by atoms with E-state index in [1.165, 1.54) is 0 Å². The largest absolute Gasteiger partial charge is 0.494 e. The first-order valence-corrected chi connectivity index (χ1v) is 6.43. The lowest BCUT2D eigenvalue weighted by molar-refractivity contribution is -0.147. The highest BCUT2D eigenvalue weighted by Gasteiger charge is 2.25. The summed E-state index contributed by atoms with van der Waals surface area (Å²) < 4.78 is 10.2. The van der Waals surface area contributed by atoms with Gasteiger partial charge in [-0.2, -0.15) is 0 Å². The monoisotopic (exact) mass is 267 g/mol. The van der Waals surface area contributed by atoms with Crippen LogP contribution >= 0.6 is 0 Å². The van der Waals surface area contributed by atoms with Gasteiger partial charge in [-0.3, -0.25) is 4.79 Å². The first-order valence-electron chi connectivity index (χ1n) is 6.43. The summed E-state index contributed by atoms with van der Waals surface area (Å²) in [5.74, 6) is 0.115. The molecular formula is C14H21NO4. The Morgan fingerprint density at radius 2 is 1.95 bits per heavy atom. The fraction of sp³-hybridized carbons (Fsp3) is 0.500. The number of hydrogen-bond acceptors (Lipinski definition) is 5. The standard InChI is InChI=1S/C14H21NO4/c1-3-9-19-11-7-5-10(6-8-11)13(16)12(15)14(17)18-4-2/h5-8,12-13,16H,3-4,9,15H2,1-2H3. The highest BCUT2D eigenvalue weighted by molar-refractivity contribution is 5.76. The predicted molar refractivity (Wildman–Crippen MR) is 71.8 cm³/mol. The van der Waals surface area contributed by atoms with E-state index in [2.05, 4.69) is 0 Å². The van der Waals surface area contributed by atoms with Crippen molar-refractivity contribution in [3.63, 3.8) is 0 Å². The van der Waals surface area contributed by atoms with Crippen LogP contribution in [0, 0.1) is 0 Å². The summed E-state index contributed by atoms with van der Waals surface area (Å²) in [4.78, 5) is 11.4. The van der Waals surface area contributed by atoms with Gasteiger partial charge in [-0.05, 0) is 31.0 Å². The number of carbonyl (C=O) groups excluding carboxylic acids is 1. The van der Waals surface area contributed by atoms with E-state index in [0.29, 0.717) is 12.2 Å². The summed E-state index contributed by atoms with van der Waals surface area (Å²) in [7, 11) is 0. The molecule has 1 rings (SSSR count). The molecule has 0 radical (unpaired) electrons. The zero-order valence-electron chi connectivity index (χ0n) is 11.3. The van der Waals surface area contributed by atoms with Crippen LogP contribution in [0.1, 0.15) is 31.9 Å². The van der Waals surface area contributed by atoms with Crippen molar-refractivity contribution in [2.45, 2.75) is 32.4 Å². The quantitative estimate of drug-likeness (QED) is 0.730. The summed E-state index contributed by atoms with van der Waals surface area (Å²) in [5.41, 5.74) is 6.20. The van der Waals surface area contributed by atoms with Crippen molar-refractivity contribution in [2.24, 2.45) is 5.73 Å². The van der Waals surface area contributed by atoms with E-state index < -0.39 is 18.1 Å². The molecule has 0 saturated heterocycles. The van der Waals surface area contributed by atoms with E-state index in [9.17, 15) is 9.90 Å². The minimum Gasteiger partial charge on any atom is -0.494 e. The molecule has 0 fully saturated rings. The van der Waals surface area contributed by atoms with Crippen molar-refractivity contribution < 1.29 is 19.4 Å². The number of esters is 1. The van der Waals surface area contributed by atoms with E-state index in [0.717, 1.165) is 12.2 Å². The first kappa shape index (κ1) is 15.5. The summed E-state index contributed by atoms with van der Waals surface area (Å²) in [6.45, 7) is 4.60. The van der Waals surface area contributed by atoms with Crippen molar-refractivity contribution in [3.8, 4) is 5.75 Å². The zero-order chi connectivity index (χ0) is 14.3. The second-order valence-electron chi connectivity index (χ2n) is 4.14. The Labute approximate surface area is 113 Å². The molecule has 2 atom stereocenters. The number of ether oxygens (including phenoxy) is 2. The first-order chi connectivity index (χ1) is 9.10. The number of benzene rings is 1. The second-order valence-corrected chi connectivity index (χ2v) is 4.14. The average Bonchev–Trinajstić information content (AvgIpc) is 2.44. The van der Waals surface area contributed by atoms with Crippen molar-refractivity contribution in [1.82, 2.24) is 0 Å². The molecule has 0 aliphatic rings. The summed E-state index contributed by atoms with van der Waals surface area (Å²) in [5, 5.41) is 9.99. The molecule has 5 nitrogen and oxygen atoms in total. The number of carbonyl (C=O) groups is 1. The molecule has 0 aliphatic heterocycles. The maximum atomic E-state index is 11.4. The minimum absolute atomic E-state index is 0.239. The number of aliphatic hydroxyl groups excluding tert-OH is 1. The molecule has 0 bridgehead atoms. The van der Waals surface area contributed by atoms with Gasteiger partial charge in [0.2, 0.25) is 0 Å². The lowest BCUT2D eigenvalue weighted by atomic mass is 10.0. The van der Waals surface area contributed by atoms with E-state index in [1.54, 1.807) is 31.2 Å². The van der Waals surface area contributed by atoms with Gasteiger partial charge < -0.3 is 20.3 Å². The molecule has 106 valence electrons. The van der Waals surface area contributed by atoms with Gasteiger partial charge >= 0.3 is 5.97 Å². The zero-order valence-corrected chi connectivity index (χ0v) is 11.3. The van der Waals surface area contributed by atoms with Gasteiger partial charge in [-0.15, -0.1) is 0 Å². The SMILES string of the molecule is CCCOc1ccc(C(O)C(N)C(=O)OCC)cc1.